The Morgan fingerprint density at radius 1 is 1.08 bits per heavy atom. The van der Waals surface area contributed by atoms with Crippen LogP contribution in [0.25, 0.3) is 0 Å². The van der Waals surface area contributed by atoms with Crippen molar-refractivity contribution in [3.05, 3.63) is 76.7 Å². The topological polar surface area (TPSA) is 54.5 Å². The molecule has 1 aliphatic rings. The molecule has 0 saturated heterocycles. The first kappa shape index (κ1) is 18.4. The van der Waals surface area contributed by atoms with Gasteiger partial charge in [0.2, 0.25) is 5.91 Å². The number of anilines is 1. The monoisotopic (exact) mass is 369 g/mol. The quantitative estimate of drug-likeness (QED) is 0.809. The van der Waals surface area contributed by atoms with E-state index in [-0.39, 0.29) is 11.7 Å². The van der Waals surface area contributed by atoms with E-state index in [1.165, 1.54) is 5.41 Å². The van der Waals surface area contributed by atoms with E-state index >= 15 is 0 Å². The van der Waals surface area contributed by atoms with Crippen LogP contribution in [-0.4, -0.2) is 26.1 Å². The predicted molar refractivity (Wildman–Crippen MR) is 105 cm³/mol. The van der Waals surface area contributed by atoms with E-state index in [0.717, 1.165) is 22.4 Å². The van der Waals surface area contributed by atoms with Gasteiger partial charge in [-0.1, -0.05) is 36.4 Å². The number of carbonyl (C=O) groups excluding carboxylic acids is 1. The average Bonchev–Trinajstić information content (AvgIpc) is 2.93. The highest BCUT2D eigenvalue weighted by molar-refractivity contribution is 7.94. The zero-order valence-electron chi connectivity index (χ0n) is 15.1. The van der Waals surface area contributed by atoms with Gasteiger partial charge in [0, 0.05) is 17.5 Å². The van der Waals surface area contributed by atoms with Crippen LogP contribution in [0.3, 0.4) is 0 Å². The molecular weight excluding hydrogens is 346 g/mol. The summed E-state index contributed by atoms with van der Waals surface area (Å²) in [6, 6.07) is 15.3. The number of hydrogen-bond donors (Lipinski definition) is 0. The summed E-state index contributed by atoms with van der Waals surface area (Å²) in [6.45, 7) is 3.95. The summed E-state index contributed by atoms with van der Waals surface area (Å²) < 4.78 is 23.8. The molecule has 3 rings (SSSR count). The Morgan fingerprint density at radius 2 is 1.73 bits per heavy atom. The van der Waals surface area contributed by atoms with Crippen LogP contribution < -0.4 is 4.90 Å². The van der Waals surface area contributed by atoms with Crippen molar-refractivity contribution >= 4 is 21.4 Å². The first-order valence-corrected chi connectivity index (χ1v) is 10.4. The van der Waals surface area contributed by atoms with Crippen LogP contribution in [-0.2, 0) is 21.1 Å². The molecule has 0 saturated carbocycles. The molecule has 136 valence electrons. The third-order valence-corrected chi connectivity index (χ3v) is 5.84. The second-order valence-corrected chi connectivity index (χ2v) is 8.75. The fourth-order valence-electron chi connectivity index (χ4n) is 3.35. The van der Waals surface area contributed by atoms with Crippen LogP contribution in [0.15, 0.2) is 60.0 Å². The Kier molecular flexibility index (Phi) is 5.28. The molecule has 0 aliphatic carbocycles. The lowest BCUT2D eigenvalue weighted by Gasteiger charge is -2.28. The highest BCUT2D eigenvalue weighted by Crippen LogP contribution is 2.26. The Bertz CT molecular complexity index is 913. The van der Waals surface area contributed by atoms with Gasteiger partial charge in [0.1, 0.15) is 0 Å². The number of benzene rings is 2. The van der Waals surface area contributed by atoms with Gasteiger partial charge >= 0.3 is 0 Å². The van der Waals surface area contributed by atoms with E-state index in [1.54, 1.807) is 11.0 Å². The molecule has 0 radical (unpaired) electrons. The summed E-state index contributed by atoms with van der Waals surface area (Å²) >= 11 is 0. The Morgan fingerprint density at radius 3 is 2.31 bits per heavy atom. The third kappa shape index (κ3) is 4.41. The lowest BCUT2D eigenvalue weighted by molar-refractivity contribution is -0.118. The molecule has 1 unspecified atom stereocenters. The minimum absolute atomic E-state index is 0.0585. The van der Waals surface area contributed by atoms with Crippen molar-refractivity contribution in [2.75, 3.05) is 10.7 Å². The normalized spacial score (nSPS) is 18.0. The van der Waals surface area contributed by atoms with Gasteiger partial charge < -0.3 is 4.90 Å². The number of amides is 1. The maximum absolute atomic E-state index is 13.0. The zero-order chi connectivity index (χ0) is 18.7. The van der Waals surface area contributed by atoms with Crippen LogP contribution >= 0.6 is 0 Å². The molecule has 26 heavy (non-hydrogen) atoms. The molecule has 0 fully saturated rings. The Labute approximate surface area is 155 Å². The van der Waals surface area contributed by atoms with Gasteiger partial charge in [-0.15, -0.1) is 0 Å². The molecule has 1 amide bonds. The minimum Gasteiger partial charge on any atom is -0.304 e. The largest absolute Gasteiger partial charge is 0.304 e. The Hall–Kier alpha value is -2.40. The van der Waals surface area contributed by atoms with Gasteiger partial charge in [0.25, 0.3) is 0 Å². The fraction of sp³-hybridized carbons (Fsp3) is 0.286. The van der Waals surface area contributed by atoms with Crippen molar-refractivity contribution in [1.82, 2.24) is 0 Å². The molecule has 0 N–H and O–H groups in total. The summed E-state index contributed by atoms with van der Waals surface area (Å²) in [6.07, 6.45) is 2.58. The van der Waals surface area contributed by atoms with Crippen molar-refractivity contribution in [2.45, 2.75) is 32.7 Å². The van der Waals surface area contributed by atoms with E-state index < -0.39 is 15.9 Å². The first-order chi connectivity index (χ1) is 12.3. The van der Waals surface area contributed by atoms with Gasteiger partial charge in [0.05, 0.1) is 11.8 Å². The van der Waals surface area contributed by atoms with E-state index in [4.69, 9.17) is 0 Å². The molecule has 0 spiro atoms. The highest BCUT2D eigenvalue weighted by atomic mass is 32.2. The number of hydrogen-bond acceptors (Lipinski definition) is 3. The molecule has 0 aromatic heterocycles. The van der Waals surface area contributed by atoms with Crippen molar-refractivity contribution in [3.63, 3.8) is 0 Å². The zero-order valence-corrected chi connectivity index (χ0v) is 15.9. The molecule has 1 aliphatic heterocycles. The average molecular weight is 369 g/mol. The maximum atomic E-state index is 13.0. The van der Waals surface area contributed by atoms with Crippen molar-refractivity contribution in [3.8, 4) is 0 Å². The number of nitrogens with zero attached hydrogens (tertiary/aromatic N) is 1. The standard InChI is InChI=1S/C21H23NO3S/c1-16-12-17(2)14-20(13-16)22(19-10-11-26(24,25)15-19)21(23)9-8-18-6-4-3-5-7-18/h3-7,10-14,19H,8-9,15H2,1-2H3. The second-order valence-electron chi connectivity index (χ2n) is 6.82. The summed E-state index contributed by atoms with van der Waals surface area (Å²) in [4.78, 5) is 14.7. The summed E-state index contributed by atoms with van der Waals surface area (Å²) in [7, 11) is -3.24. The number of aryl methyl sites for hydroxylation is 3. The lowest BCUT2D eigenvalue weighted by Crippen LogP contribution is -2.41. The van der Waals surface area contributed by atoms with Crippen LogP contribution in [0.5, 0.6) is 0 Å². The minimum atomic E-state index is -3.24. The molecule has 2 aromatic carbocycles. The lowest BCUT2D eigenvalue weighted by atomic mass is 10.1. The first-order valence-electron chi connectivity index (χ1n) is 8.69. The molecule has 4 nitrogen and oxygen atoms in total. The smallest absolute Gasteiger partial charge is 0.227 e. The summed E-state index contributed by atoms with van der Waals surface area (Å²) in [5, 5.41) is 1.22. The van der Waals surface area contributed by atoms with Crippen molar-refractivity contribution in [2.24, 2.45) is 0 Å². The number of rotatable bonds is 5. The van der Waals surface area contributed by atoms with Crippen molar-refractivity contribution < 1.29 is 13.2 Å². The molecule has 1 heterocycles. The SMILES string of the molecule is Cc1cc(C)cc(N(C(=O)CCc2ccccc2)C2C=CS(=O)(=O)C2)c1. The van der Waals surface area contributed by atoms with Crippen LogP contribution in [0.1, 0.15) is 23.1 Å². The number of carbonyl (C=O) groups is 1. The molecule has 0 bridgehead atoms. The fourth-order valence-corrected chi connectivity index (χ4v) is 4.61. The molecule has 1 atom stereocenters. The van der Waals surface area contributed by atoms with Crippen LogP contribution in [0, 0.1) is 13.8 Å². The van der Waals surface area contributed by atoms with Gasteiger partial charge in [-0.2, -0.15) is 0 Å². The molecule has 5 heteroatoms. The molecule has 2 aromatic rings. The highest BCUT2D eigenvalue weighted by Gasteiger charge is 2.31. The van der Waals surface area contributed by atoms with E-state index in [0.29, 0.717) is 12.8 Å². The van der Waals surface area contributed by atoms with Gasteiger partial charge in [-0.05, 0) is 55.2 Å². The van der Waals surface area contributed by atoms with E-state index in [9.17, 15) is 13.2 Å². The third-order valence-electron chi connectivity index (χ3n) is 4.47. The van der Waals surface area contributed by atoms with E-state index in [1.807, 2.05) is 62.4 Å². The van der Waals surface area contributed by atoms with Gasteiger partial charge in [0.15, 0.2) is 9.84 Å². The predicted octanol–water partition coefficient (Wildman–Crippen LogP) is 3.58. The van der Waals surface area contributed by atoms with E-state index in [2.05, 4.69) is 0 Å². The Balaban J connectivity index is 1.87. The second kappa shape index (κ2) is 7.46. The summed E-state index contributed by atoms with van der Waals surface area (Å²) in [5.74, 6) is -0.123. The van der Waals surface area contributed by atoms with Gasteiger partial charge in [-0.3, -0.25) is 4.79 Å². The number of sulfone groups is 1. The maximum Gasteiger partial charge on any atom is 0.227 e. The van der Waals surface area contributed by atoms with Crippen LogP contribution in [0.4, 0.5) is 5.69 Å². The van der Waals surface area contributed by atoms with Crippen LogP contribution in [0.2, 0.25) is 0 Å². The molecular formula is C21H23NO3S. The van der Waals surface area contributed by atoms with Gasteiger partial charge in [-0.25, -0.2) is 8.42 Å². The van der Waals surface area contributed by atoms with Crippen molar-refractivity contribution in [1.29, 1.82) is 0 Å². The summed E-state index contributed by atoms with van der Waals surface area (Å²) in [5.41, 5.74) is 3.94.